The Morgan fingerprint density at radius 1 is 1.10 bits per heavy atom. The van der Waals surface area contributed by atoms with Crippen LogP contribution in [0.2, 0.25) is 0 Å². The van der Waals surface area contributed by atoms with Gasteiger partial charge in [0.25, 0.3) is 0 Å². The smallest absolute Gasteiger partial charge is 0.0412 e. The molecule has 0 saturated carbocycles. The van der Waals surface area contributed by atoms with E-state index in [9.17, 15) is 0 Å². The second kappa shape index (κ2) is 5.16. The van der Waals surface area contributed by atoms with E-state index >= 15 is 0 Å². The lowest BCUT2D eigenvalue weighted by atomic mass is 9.81. The highest BCUT2D eigenvalue weighted by Crippen LogP contribution is 2.43. The molecule has 2 nitrogen and oxygen atoms in total. The van der Waals surface area contributed by atoms with Crippen molar-refractivity contribution in [2.24, 2.45) is 11.1 Å². The highest BCUT2D eigenvalue weighted by Gasteiger charge is 2.47. The maximum atomic E-state index is 6.26. The number of rotatable bonds is 4. The summed E-state index contributed by atoms with van der Waals surface area (Å²) in [5, 5.41) is 0. The van der Waals surface area contributed by atoms with Crippen LogP contribution in [0.1, 0.15) is 44.2 Å². The summed E-state index contributed by atoms with van der Waals surface area (Å²) < 4.78 is 0. The molecule has 0 atom stereocenters. The lowest BCUT2D eigenvalue weighted by molar-refractivity contribution is 0.111. The van der Waals surface area contributed by atoms with Crippen LogP contribution in [0.5, 0.6) is 0 Å². The van der Waals surface area contributed by atoms with Gasteiger partial charge in [-0.2, -0.15) is 0 Å². The number of likely N-dealkylation sites (tertiary alicyclic amines) is 1. The first-order chi connectivity index (χ1) is 9.67. The minimum Gasteiger partial charge on any atom is -0.329 e. The van der Waals surface area contributed by atoms with Gasteiger partial charge in [0.15, 0.2) is 0 Å². The van der Waals surface area contributed by atoms with Crippen LogP contribution in [0.25, 0.3) is 0 Å². The molecular formula is C18H28N2. The minimum atomic E-state index is 0.190. The molecule has 3 rings (SSSR count). The molecule has 0 aromatic heterocycles. The first-order valence-corrected chi connectivity index (χ1v) is 8.19. The molecule has 0 spiro atoms. The third kappa shape index (κ3) is 2.10. The van der Waals surface area contributed by atoms with E-state index in [4.69, 9.17) is 5.73 Å². The fraction of sp³-hybridized carbons (Fsp3) is 0.667. The Balaban J connectivity index is 1.83. The maximum Gasteiger partial charge on any atom is 0.0412 e. The molecule has 0 amide bonds. The molecular weight excluding hydrogens is 244 g/mol. The highest BCUT2D eigenvalue weighted by molar-refractivity contribution is 5.37. The topological polar surface area (TPSA) is 29.3 Å². The second-order valence-corrected chi connectivity index (χ2v) is 6.93. The molecule has 1 aromatic carbocycles. The largest absolute Gasteiger partial charge is 0.329 e. The van der Waals surface area contributed by atoms with Gasteiger partial charge >= 0.3 is 0 Å². The molecule has 1 fully saturated rings. The van der Waals surface area contributed by atoms with E-state index in [0.29, 0.717) is 5.41 Å². The van der Waals surface area contributed by atoms with Crippen LogP contribution in [0.3, 0.4) is 0 Å². The first kappa shape index (κ1) is 14.1. The summed E-state index contributed by atoms with van der Waals surface area (Å²) in [7, 11) is 0. The van der Waals surface area contributed by atoms with Gasteiger partial charge in [0.05, 0.1) is 0 Å². The predicted octanol–water partition coefficient (Wildman–Crippen LogP) is 2.99. The van der Waals surface area contributed by atoms with Gasteiger partial charge in [0.2, 0.25) is 0 Å². The summed E-state index contributed by atoms with van der Waals surface area (Å²) in [6, 6.07) is 8.90. The van der Waals surface area contributed by atoms with Gasteiger partial charge in [-0.3, -0.25) is 4.90 Å². The Morgan fingerprint density at radius 3 is 2.15 bits per heavy atom. The Bertz CT molecular complexity index is 451. The molecule has 1 aliphatic carbocycles. The van der Waals surface area contributed by atoms with Gasteiger partial charge in [0, 0.05) is 18.6 Å². The summed E-state index contributed by atoms with van der Waals surface area (Å²) in [4.78, 5) is 2.72. The van der Waals surface area contributed by atoms with Crippen LogP contribution < -0.4 is 5.73 Å². The van der Waals surface area contributed by atoms with E-state index in [-0.39, 0.29) is 5.54 Å². The molecule has 0 bridgehead atoms. The van der Waals surface area contributed by atoms with Crippen LogP contribution in [0, 0.1) is 5.41 Å². The number of fused-ring (bicyclic) bond motifs is 1. The molecule has 2 N–H and O–H groups in total. The molecule has 0 unspecified atom stereocenters. The van der Waals surface area contributed by atoms with Crippen LogP contribution in [-0.4, -0.2) is 30.1 Å². The van der Waals surface area contributed by atoms with E-state index in [1.165, 1.54) is 43.5 Å². The van der Waals surface area contributed by atoms with E-state index in [1.54, 1.807) is 0 Å². The highest BCUT2D eigenvalue weighted by atomic mass is 15.2. The van der Waals surface area contributed by atoms with E-state index in [0.717, 1.165) is 19.4 Å². The standard InChI is InChI=1S/C18H28N2/c1-3-17(4-2)9-10-20(14-17)18(13-19)11-15-7-5-6-8-16(15)12-18/h5-8H,3-4,9-14,19H2,1-2H3. The number of benzene rings is 1. The van der Waals surface area contributed by atoms with Crippen molar-refractivity contribution in [1.82, 2.24) is 4.90 Å². The number of nitrogens with two attached hydrogens (primary N) is 1. The molecule has 1 saturated heterocycles. The van der Waals surface area contributed by atoms with Gasteiger partial charge in [-0.1, -0.05) is 38.1 Å². The normalized spacial score (nSPS) is 23.9. The monoisotopic (exact) mass is 272 g/mol. The summed E-state index contributed by atoms with van der Waals surface area (Å²) in [5.41, 5.74) is 10.0. The van der Waals surface area contributed by atoms with Crippen molar-refractivity contribution in [3.8, 4) is 0 Å². The number of hydrogen-bond donors (Lipinski definition) is 1. The van der Waals surface area contributed by atoms with Crippen LogP contribution >= 0.6 is 0 Å². The van der Waals surface area contributed by atoms with Crippen molar-refractivity contribution in [3.05, 3.63) is 35.4 Å². The van der Waals surface area contributed by atoms with Crippen molar-refractivity contribution in [2.45, 2.75) is 51.5 Å². The third-order valence-corrected chi connectivity index (χ3v) is 6.15. The van der Waals surface area contributed by atoms with E-state index < -0.39 is 0 Å². The third-order valence-electron chi connectivity index (χ3n) is 6.15. The fourth-order valence-electron chi connectivity index (χ4n) is 4.34. The van der Waals surface area contributed by atoms with Crippen molar-refractivity contribution in [1.29, 1.82) is 0 Å². The second-order valence-electron chi connectivity index (χ2n) is 6.93. The van der Waals surface area contributed by atoms with Gasteiger partial charge in [-0.05, 0) is 55.2 Å². The minimum absolute atomic E-state index is 0.190. The average molecular weight is 272 g/mol. The van der Waals surface area contributed by atoms with Crippen molar-refractivity contribution < 1.29 is 0 Å². The average Bonchev–Trinajstić information content (AvgIpc) is 3.10. The predicted molar refractivity (Wildman–Crippen MR) is 84.8 cm³/mol. The van der Waals surface area contributed by atoms with Gasteiger partial charge in [-0.15, -0.1) is 0 Å². The Morgan fingerprint density at radius 2 is 1.70 bits per heavy atom. The zero-order valence-corrected chi connectivity index (χ0v) is 13.0. The quantitative estimate of drug-likeness (QED) is 0.913. The lowest BCUT2D eigenvalue weighted by Gasteiger charge is -2.39. The van der Waals surface area contributed by atoms with Gasteiger partial charge in [-0.25, -0.2) is 0 Å². The van der Waals surface area contributed by atoms with Crippen molar-refractivity contribution in [2.75, 3.05) is 19.6 Å². The molecule has 2 aliphatic rings. The van der Waals surface area contributed by atoms with Crippen molar-refractivity contribution in [3.63, 3.8) is 0 Å². The Labute approximate surface area is 123 Å². The van der Waals surface area contributed by atoms with Crippen LogP contribution in [0.15, 0.2) is 24.3 Å². The number of nitrogens with zero attached hydrogens (tertiary/aromatic N) is 1. The summed E-state index contributed by atoms with van der Waals surface area (Å²) in [6.07, 6.45) is 6.23. The molecule has 1 aliphatic heterocycles. The molecule has 1 aromatic rings. The van der Waals surface area contributed by atoms with Crippen molar-refractivity contribution >= 4 is 0 Å². The van der Waals surface area contributed by atoms with Crippen LogP contribution in [0.4, 0.5) is 0 Å². The zero-order valence-electron chi connectivity index (χ0n) is 13.0. The van der Waals surface area contributed by atoms with Crippen LogP contribution in [-0.2, 0) is 12.8 Å². The zero-order chi connectivity index (χ0) is 14.2. The fourth-order valence-corrected chi connectivity index (χ4v) is 4.34. The molecule has 110 valence electrons. The molecule has 2 heteroatoms. The SMILES string of the molecule is CCC1(CC)CCN(C2(CN)Cc3ccccc3C2)C1. The van der Waals surface area contributed by atoms with Gasteiger partial charge < -0.3 is 5.73 Å². The van der Waals surface area contributed by atoms with E-state index in [2.05, 4.69) is 43.0 Å². The molecule has 0 radical (unpaired) electrons. The molecule has 20 heavy (non-hydrogen) atoms. The Hall–Kier alpha value is -0.860. The maximum absolute atomic E-state index is 6.26. The number of hydrogen-bond acceptors (Lipinski definition) is 2. The van der Waals surface area contributed by atoms with E-state index in [1.807, 2.05) is 0 Å². The molecule has 1 heterocycles. The Kier molecular flexibility index (Phi) is 3.64. The first-order valence-electron chi connectivity index (χ1n) is 8.19. The summed E-state index contributed by atoms with van der Waals surface area (Å²) in [5.74, 6) is 0. The lowest BCUT2D eigenvalue weighted by Crippen LogP contribution is -2.54. The summed E-state index contributed by atoms with van der Waals surface area (Å²) >= 11 is 0. The summed E-state index contributed by atoms with van der Waals surface area (Å²) in [6.45, 7) is 7.96. The van der Waals surface area contributed by atoms with Gasteiger partial charge in [0.1, 0.15) is 0 Å².